The fourth-order valence-corrected chi connectivity index (χ4v) is 5.30. The number of sulfonamides is 1. The molecule has 3 aromatic rings. The molecule has 0 saturated heterocycles. The molecule has 3 rings (SSSR count). The summed E-state index contributed by atoms with van der Waals surface area (Å²) >= 11 is 0. The van der Waals surface area contributed by atoms with E-state index in [1.807, 2.05) is 67.6 Å². The second kappa shape index (κ2) is 14.4. The molecule has 9 heteroatoms. The number of anilines is 1. The second-order valence-corrected chi connectivity index (χ2v) is 11.3. The lowest BCUT2D eigenvalue weighted by molar-refractivity contribution is -0.141. The Morgan fingerprint density at radius 1 is 0.897 bits per heavy atom. The zero-order valence-corrected chi connectivity index (χ0v) is 23.2. The number of nitrogens with one attached hydrogen (secondary N) is 1. The molecule has 1 N–H and O–H groups in total. The number of carbonyl (C=O) groups is 2. The van der Waals surface area contributed by atoms with Crippen molar-refractivity contribution in [3.8, 4) is 0 Å². The smallest absolute Gasteiger partial charge is 0.243 e. The van der Waals surface area contributed by atoms with E-state index in [1.54, 1.807) is 11.0 Å². The van der Waals surface area contributed by atoms with Crippen LogP contribution in [-0.4, -0.2) is 50.5 Å². The van der Waals surface area contributed by atoms with Crippen LogP contribution in [0.2, 0.25) is 0 Å². The molecule has 2 amide bonds. The summed E-state index contributed by atoms with van der Waals surface area (Å²) in [5.74, 6) is -1.18. The molecule has 0 aliphatic rings. The maximum Gasteiger partial charge on any atom is 0.243 e. The van der Waals surface area contributed by atoms with Gasteiger partial charge in [-0.2, -0.15) is 0 Å². The van der Waals surface area contributed by atoms with E-state index >= 15 is 0 Å². The number of carbonyl (C=O) groups excluding carboxylic acids is 2. The van der Waals surface area contributed by atoms with Gasteiger partial charge in [0.25, 0.3) is 0 Å². The quantitative estimate of drug-likeness (QED) is 0.318. The molecule has 0 heterocycles. The molecule has 0 unspecified atom stereocenters. The van der Waals surface area contributed by atoms with Crippen molar-refractivity contribution in [1.82, 2.24) is 10.2 Å². The molecule has 1 atom stereocenters. The number of nitrogens with zero attached hydrogens (tertiary/aromatic N) is 2. The zero-order valence-electron chi connectivity index (χ0n) is 22.4. The number of hydrogen-bond acceptors (Lipinski definition) is 4. The minimum Gasteiger partial charge on any atom is -0.354 e. The van der Waals surface area contributed by atoms with Gasteiger partial charge in [0.1, 0.15) is 11.9 Å². The highest BCUT2D eigenvalue weighted by Crippen LogP contribution is 2.23. The predicted octanol–water partition coefficient (Wildman–Crippen LogP) is 4.54. The Bertz CT molecular complexity index is 1320. The molecule has 0 radical (unpaired) electrons. The lowest BCUT2D eigenvalue weighted by Crippen LogP contribution is -2.50. The van der Waals surface area contributed by atoms with Gasteiger partial charge in [-0.05, 0) is 36.1 Å². The van der Waals surface area contributed by atoms with Crippen molar-refractivity contribution in [2.75, 3.05) is 23.7 Å². The van der Waals surface area contributed by atoms with Gasteiger partial charge in [0.15, 0.2) is 0 Å². The van der Waals surface area contributed by atoms with Gasteiger partial charge in [-0.15, -0.1) is 0 Å². The Morgan fingerprint density at radius 3 is 2.08 bits per heavy atom. The normalized spacial score (nSPS) is 12.0. The van der Waals surface area contributed by atoms with E-state index in [0.29, 0.717) is 13.0 Å². The summed E-state index contributed by atoms with van der Waals surface area (Å²) in [5.41, 5.74) is 1.73. The summed E-state index contributed by atoms with van der Waals surface area (Å²) in [6.45, 7) is 2.60. The molecule has 0 fully saturated rings. The lowest BCUT2D eigenvalue weighted by atomic mass is 10.0. The Labute approximate surface area is 230 Å². The first-order valence-electron chi connectivity index (χ1n) is 13.1. The average molecular weight is 554 g/mol. The number of halogens is 1. The number of hydrogen-bond donors (Lipinski definition) is 1. The van der Waals surface area contributed by atoms with E-state index in [1.165, 1.54) is 18.2 Å². The third-order valence-electron chi connectivity index (χ3n) is 6.29. The topological polar surface area (TPSA) is 86.8 Å². The molecule has 0 spiro atoms. The third-order valence-corrected chi connectivity index (χ3v) is 7.47. The van der Waals surface area contributed by atoms with Crippen LogP contribution in [0.15, 0.2) is 84.9 Å². The first-order valence-corrected chi connectivity index (χ1v) is 14.9. The number of benzene rings is 3. The summed E-state index contributed by atoms with van der Waals surface area (Å²) in [6, 6.07) is 23.8. The minimum atomic E-state index is -3.78. The minimum absolute atomic E-state index is 0.0142. The van der Waals surface area contributed by atoms with E-state index in [9.17, 15) is 22.4 Å². The van der Waals surface area contributed by atoms with E-state index < -0.39 is 21.9 Å². The average Bonchev–Trinajstić information content (AvgIpc) is 2.92. The summed E-state index contributed by atoms with van der Waals surface area (Å²) in [6.07, 6.45) is 2.24. The highest BCUT2D eigenvalue weighted by molar-refractivity contribution is 7.92. The largest absolute Gasteiger partial charge is 0.354 e. The van der Waals surface area contributed by atoms with Crippen LogP contribution in [0.1, 0.15) is 37.3 Å². The van der Waals surface area contributed by atoms with Crippen LogP contribution < -0.4 is 9.62 Å². The van der Waals surface area contributed by atoms with Gasteiger partial charge in [0.2, 0.25) is 21.8 Å². The summed E-state index contributed by atoms with van der Waals surface area (Å²) < 4.78 is 40.3. The van der Waals surface area contributed by atoms with Crippen molar-refractivity contribution in [2.24, 2.45) is 0 Å². The predicted molar refractivity (Wildman–Crippen MR) is 152 cm³/mol. The van der Waals surface area contributed by atoms with Crippen LogP contribution >= 0.6 is 0 Å². The fourth-order valence-electron chi connectivity index (χ4n) is 4.34. The van der Waals surface area contributed by atoms with Gasteiger partial charge in [-0.1, -0.05) is 79.7 Å². The van der Waals surface area contributed by atoms with Gasteiger partial charge in [-0.25, -0.2) is 12.8 Å². The van der Waals surface area contributed by atoms with E-state index in [4.69, 9.17) is 0 Å². The Morgan fingerprint density at radius 2 is 1.49 bits per heavy atom. The number of amides is 2. The van der Waals surface area contributed by atoms with Crippen LogP contribution in [0.5, 0.6) is 0 Å². The van der Waals surface area contributed by atoms with Crippen molar-refractivity contribution in [2.45, 2.75) is 45.2 Å². The Kier molecular flexibility index (Phi) is 11.0. The zero-order chi connectivity index (χ0) is 28.3. The summed E-state index contributed by atoms with van der Waals surface area (Å²) in [7, 11) is -3.78. The van der Waals surface area contributed by atoms with Gasteiger partial charge in [0, 0.05) is 32.5 Å². The first-order chi connectivity index (χ1) is 18.7. The molecule has 0 aliphatic heterocycles. The Hall–Kier alpha value is -3.72. The van der Waals surface area contributed by atoms with Crippen LogP contribution in [0.3, 0.4) is 0 Å². The molecule has 39 heavy (non-hydrogen) atoms. The number of para-hydroxylation sites is 1. The lowest BCUT2D eigenvalue weighted by Gasteiger charge is -2.32. The van der Waals surface area contributed by atoms with Gasteiger partial charge < -0.3 is 10.2 Å². The molecule has 0 aromatic heterocycles. The first kappa shape index (κ1) is 29.8. The van der Waals surface area contributed by atoms with Crippen molar-refractivity contribution >= 4 is 27.5 Å². The molecular weight excluding hydrogens is 517 g/mol. The summed E-state index contributed by atoms with van der Waals surface area (Å²) in [4.78, 5) is 28.6. The van der Waals surface area contributed by atoms with Crippen LogP contribution in [0, 0.1) is 5.82 Å². The molecule has 0 saturated carbocycles. The van der Waals surface area contributed by atoms with Crippen molar-refractivity contribution in [3.63, 3.8) is 0 Å². The molecule has 0 bridgehead atoms. The highest BCUT2D eigenvalue weighted by atomic mass is 32.2. The van der Waals surface area contributed by atoms with E-state index in [-0.39, 0.29) is 43.4 Å². The molecular formula is C30H36FN3O4S. The third kappa shape index (κ3) is 8.92. The van der Waals surface area contributed by atoms with Gasteiger partial charge >= 0.3 is 0 Å². The van der Waals surface area contributed by atoms with Gasteiger partial charge in [-0.3, -0.25) is 13.9 Å². The van der Waals surface area contributed by atoms with Crippen molar-refractivity contribution in [3.05, 3.63) is 102 Å². The van der Waals surface area contributed by atoms with Gasteiger partial charge in [0.05, 0.1) is 11.9 Å². The van der Waals surface area contributed by atoms with Crippen LogP contribution in [-0.2, 0) is 32.6 Å². The molecule has 3 aromatic carbocycles. The standard InChI is InChI=1S/C30H36FN3O4S/c1-3-20-32-30(36)28(22-24-13-6-4-7-14-24)33(23-25-15-8-5-9-16-25)29(35)19-12-21-34(39(2,37)38)27-18-11-10-17-26(27)31/h4-11,13-18,28H,3,12,19-23H2,1-2H3,(H,32,36)/t28-/m0/s1. The monoisotopic (exact) mass is 553 g/mol. The van der Waals surface area contributed by atoms with Crippen LogP contribution in [0.4, 0.5) is 10.1 Å². The van der Waals surface area contributed by atoms with Crippen LogP contribution in [0.25, 0.3) is 0 Å². The summed E-state index contributed by atoms with van der Waals surface area (Å²) in [5, 5.41) is 2.93. The second-order valence-electron chi connectivity index (χ2n) is 9.39. The van der Waals surface area contributed by atoms with Crippen molar-refractivity contribution < 1.29 is 22.4 Å². The maximum atomic E-state index is 14.4. The maximum absolute atomic E-state index is 14.4. The van der Waals surface area contributed by atoms with E-state index in [0.717, 1.165) is 28.1 Å². The molecule has 7 nitrogen and oxygen atoms in total. The number of rotatable bonds is 14. The SMILES string of the molecule is CCCNC(=O)[C@H](Cc1ccccc1)N(Cc1ccccc1)C(=O)CCCN(c1ccccc1F)S(C)(=O)=O. The fraction of sp³-hybridized carbons (Fsp3) is 0.333. The van der Waals surface area contributed by atoms with Crippen molar-refractivity contribution in [1.29, 1.82) is 0 Å². The molecule has 0 aliphatic carbocycles. The molecule has 208 valence electrons. The van der Waals surface area contributed by atoms with E-state index in [2.05, 4.69) is 5.32 Å². The Balaban J connectivity index is 1.85. The highest BCUT2D eigenvalue weighted by Gasteiger charge is 2.30.